The van der Waals surface area contributed by atoms with E-state index in [1.54, 1.807) is 0 Å². The van der Waals surface area contributed by atoms with Crippen molar-refractivity contribution in [3.8, 4) is 5.75 Å². The topological polar surface area (TPSA) is 64.3 Å². The van der Waals surface area contributed by atoms with Crippen molar-refractivity contribution >= 4 is 11.6 Å². The van der Waals surface area contributed by atoms with Crippen LogP contribution >= 0.6 is 0 Å². The van der Waals surface area contributed by atoms with E-state index in [-0.39, 0.29) is 24.0 Å². The second-order valence-electron chi connectivity index (χ2n) is 4.83. The largest absolute Gasteiger partial charge is 0.491 e. The van der Waals surface area contributed by atoms with E-state index in [2.05, 4.69) is 5.32 Å². The summed E-state index contributed by atoms with van der Waals surface area (Å²) in [7, 11) is 0. The summed E-state index contributed by atoms with van der Waals surface area (Å²) in [4.78, 5) is 11.8. The Bertz CT molecular complexity index is 385. The van der Waals surface area contributed by atoms with Crippen LogP contribution in [0.2, 0.25) is 0 Å². The fourth-order valence-corrected chi connectivity index (χ4v) is 1.38. The molecule has 0 bridgehead atoms. The highest BCUT2D eigenvalue weighted by Crippen LogP contribution is 2.17. The van der Waals surface area contributed by atoms with Gasteiger partial charge in [0.05, 0.1) is 12.0 Å². The Morgan fingerprint density at radius 1 is 1.17 bits per heavy atom. The van der Waals surface area contributed by atoms with E-state index >= 15 is 0 Å². The Kier molecular flexibility index (Phi) is 5.16. The Morgan fingerprint density at radius 3 is 2.17 bits per heavy atom. The number of carbonyl (C=O) groups excluding carboxylic acids is 1. The molecular formula is C14H22N2O2. The van der Waals surface area contributed by atoms with Crippen LogP contribution in [0.3, 0.4) is 0 Å². The van der Waals surface area contributed by atoms with Crippen LogP contribution in [0.15, 0.2) is 24.3 Å². The van der Waals surface area contributed by atoms with Crippen LogP contribution in [0.25, 0.3) is 0 Å². The number of amides is 1. The molecule has 0 aliphatic heterocycles. The maximum absolute atomic E-state index is 11.8. The summed E-state index contributed by atoms with van der Waals surface area (Å²) in [5.41, 5.74) is 6.44. The van der Waals surface area contributed by atoms with Gasteiger partial charge in [-0.1, -0.05) is 6.92 Å². The second-order valence-corrected chi connectivity index (χ2v) is 4.83. The number of hydrogen-bond acceptors (Lipinski definition) is 3. The summed E-state index contributed by atoms with van der Waals surface area (Å²) in [6, 6.07) is 7.17. The molecule has 0 heterocycles. The molecule has 2 atom stereocenters. The van der Waals surface area contributed by atoms with Gasteiger partial charge in [-0.25, -0.2) is 0 Å². The van der Waals surface area contributed by atoms with Crippen molar-refractivity contribution in [3.63, 3.8) is 0 Å². The maximum atomic E-state index is 11.8. The van der Waals surface area contributed by atoms with Crippen molar-refractivity contribution in [2.45, 2.75) is 39.8 Å². The minimum Gasteiger partial charge on any atom is -0.491 e. The number of ether oxygens (including phenoxy) is 1. The molecule has 1 amide bonds. The number of hydrogen-bond donors (Lipinski definition) is 2. The standard InChI is InChI=1S/C14H22N2O2/c1-9(2)18-13-7-5-12(6-8-13)16-14(17)10(3)11(4)15/h5-11H,15H2,1-4H3,(H,16,17). The van der Waals surface area contributed by atoms with Gasteiger partial charge in [0.2, 0.25) is 5.91 Å². The average Bonchev–Trinajstić information content (AvgIpc) is 2.29. The molecular weight excluding hydrogens is 228 g/mol. The molecule has 100 valence electrons. The number of nitrogens with two attached hydrogens (primary N) is 1. The number of rotatable bonds is 5. The Morgan fingerprint density at radius 2 is 1.72 bits per heavy atom. The van der Waals surface area contributed by atoms with Crippen LogP contribution in [0, 0.1) is 5.92 Å². The van der Waals surface area contributed by atoms with Crippen LogP contribution < -0.4 is 15.8 Å². The molecule has 0 aliphatic rings. The van der Waals surface area contributed by atoms with E-state index in [1.165, 1.54) is 0 Å². The molecule has 0 saturated carbocycles. The average molecular weight is 250 g/mol. The fourth-order valence-electron chi connectivity index (χ4n) is 1.38. The van der Waals surface area contributed by atoms with Crippen molar-refractivity contribution in [1.82, 2.24) is 0 Å². The first-order valence-electron chi connectivity index (χ1n) is 6.23. The number of benzene rings is 1. The minimum absolute atomic E-state index is 0.0671. The Hall–Kier alpha value is -1.55. The number of anilines is 1. The van der Waals surface area contributed by atoms with Gasteiger partial charge in [0.1, 0.15) is 5.75 Å². The lowest BCUT2D eigenvalue weighted by atomic mass is 10.0. The van der Waals surface area contributed by atoms with E-state index in [0.29, 0.717) is 0 Å². The van der Waals surface area contributed by atoms with Crippen LogP contribution in [0.4, 0.5) is 5.69 Å². The quantitative estimate of drug-likeness (QED) is 0.843. The molecule has 0 fully saturated rings. The molecule has 1 rings (SSSR count). The first-order chi connectivity index (χ1) is 8.40. The molecule has 4 nitrogen and oxygen atoms in total. The van der Waals surface area contributed by atoms with Crippen molar-refractivity contribution in [1.29, 1.82) is 0 Å². The van der Waals surface area contributed by atoms with Crippen molar-refractivity contribution in [3.05, 3.63) is 24.3 Å². The molecule has 0 radical (unpaired) electrons. The van der Waals surface area contributed by atoms with Gasteiger partial charge in [0.25, 0.3) is 0 Å². The molecule has 4 heteroatoms. The summed E-state index contributed by atoms with van der Waals surface area (Å²) in [6.45, 7) is 7.58. The molecule has 0 saturated heterocycles. The van der Waals surface area contributed by atoms with E-state index < -0.39 is 0 Å². The lowest BCUT2D eigenvalue weighted by molar-refractivity contribution is -0.119. The molecule has 0 aromatic heterocycles. The second kappa shape index (κ2) is 6.40. The van der Waals surface area contributed by atoms with Gasteiger partial charge in [0.15, 0.2) is 0 Å². The third-order valence-corrected chi connectivity index (χ3v) is 2.70. The molecule has 18 heavy (non-hydrogen) atoms. The first-order valence-corrected chi connectivity index (χ1v) is 6.23. The Labute approximate surface area is 109 Å². The lowest BCUT2D eigenvalue weighted by Crippen LogP contribution is -2.34. The zero-order valence-corrected chi connectivity index (χ0v) is 11.4. The van der Waals surface area contributed by atoms with E-state index in [4.69, 9.17) is 10.5 Å². The van der Waals surface area contributed by atoms with E-state index in [0.717, 1.165) is 11.4 Å². The predicted octanol–water partition coefficient (Wildman–Crippen LogP) is 2.40. The van der Waals surface area contributed by atoms with Gasteiger partial charge >= 0.3 is 0 Å². The lowest BCUT2D eigenvalue weighted by Gasteiger charge is -2.15. The van der Waals surface area contributed by atoms with Crippen LogP contribution in [-0.4, -0.2) is 18.1 Å². The zero-order chi connectivity index (χ0) is 13.7. The molecule has 0 aliphatic carbocycles. The molecule has 1 aromatic rings. The summed E-state index contributed by atoms with van der Waals surface area (Å²) < 4.78 is 5.53. The zero-order valence-electron chi connectivity index (χ0n) is 11.4. The molecule has 3 N–H and O–H groups in total. The molecule has 0 spiro atoms. The highest BCUT2D eigenvalue weighted by molar-refractivity contribution is 5.92. The monoisotopic (exact) mass is 250 g/mol. The van der Waals surface area contributed by atoms with Gasteiger partial charge < -0.3 is 15.8 Å². The van der Waals surface area contributed by atoms with Gasteiger partial charge in [-0.3, -0.25) is 4.79 Å². The highest BCUT2D eigenvalue weighted by atomic mass is 16.5. The smallest absolute Gasteiger partial charge is 0.228 e. The summed E-state index contributed by atoms with van der Waals surface area (Å²) in [5, 5.41) is 2.83. The van der Waals surface area contributed by atoms with Crippen molar-refractivity contribution in [2.75, 3.05) is 5.32 Å². The predicted molar refractivity (Wildman–Crippen MR) is 73.6 cm³/mol. The van der Waals surface area contributed by atoms with Crippen molar-refractivity contribution in [2.24, 2.45) is 11.7 Å². The van der Waals surface area contributed by atoms with E-state index in [1.807, 2.05) is 52.0 Å². The maximum Gasteiger partial charge on any atom is 0.228 e. The van der Waals surface area contributed by atoms with E-state index in [9.17, 15) is 4.79 Å². The third kappa shape index (κ3) is 4.37. The Balaban J connectivity index is 2.61. The molecule has 2 unspecified atom stereocenters. The normalized spacial score (nSPS) is 14.1. The molecule has 1 aromatic carbocycles. The number of carbonyl (C=O) groups is 1. The minimum atomic E-state index is -0.211. The first kappa shape index (κ1) is 14.5. The van der Waals surface area contributed by atoms with Gasteiger partial charge in [-0.2, -0.15) is 0 Å². The summed E-state index contributed by atoms with van der Waals surface area (Å²) in [6.07, 6.45) is 0.142. The third-order valence-electron chi connectivity index (χ3n) is 2.70. The number of nitrogens with one attached hydrogen (secondary N) is 1. The van der Waals surface area contributed by atoms with Crippen molar-refractivity contribution < 1.29 is 9.53 Å². The van der Waals surface area contributed by atoms with Gasteiger partial charge in [-0.05, 0) is 45.0 Å². The van der Waals surface area contributed by atoms with Gasteiger partial charge in [0, 0.05) is 11.7 Å². The van der Waals surface area contributed by atoms with Gasteiger partial charge in [-0.15, -0.1) is 0 Å². The summed E-state index contributed by atoms with van der Waals surface area (Å²) >= 11 is 0. The van der Waals surface area contributed by atoms with Crippen LogP contribution in [0.5, 0.6) is 5.75 Å². The highest BCUT2D eigenvalue weighted by Gasteiger charge is 2.16. The van der Waals surface area contributed by atoms with Crippen LogP contribution in [0.1, 0.15) is 27.7 Å². The SMILES string of the molecule is CC(C)Oc1ccc(NC(=O)C(C)C(C)N)cc1. The summed E-state index contributed by atoms with van der Waals surface area (Å²) in [5.74, 6) is 0.516. The fraction of sp³-hybridized carbons (Fsp3) is 0.500. The van der Waals surface area contributed by atoms with Crippen LogP contribution in [-0.2, 0) is 4.79 Å².